The first-order valence-electron chi connectivity index (χ1n) is 18.9. The molecule has 19 heteroatoms. The van der Waals surface area contributed by atoms with Crippen molar-refractivity contribution in [2.75, 3.05) is 36.0 Å². The molecule has 0 radical (unpaired) electrons. The topological polar surface area (TPSA) is 121 Å². The van der Waals surface area contributed by atoms with Crippen LogP contribution in [0.1, 0.15) is 51.8 Å². The maximum absolute atomic E-state index is 15.0. The van der Waals surface area contributed by atoms with E-state index < -0.39 is 72.0 Å². The second-order valence-corrected chi connectivity index (χ2v) is 15.7. The number of rotatable bonds is 12. The van der Waals surface area contributed by atoms with Crippen LogP contribution in [0.2, 0.25) is 0 Å². The van der Waals surface area contributed by atoms with E-state index >= 15 is 8.78 Å². The van der Waals surface area contributed by atoms with Crippen LogP contribution in [0.25, 0.3) is 21.5 Å². The molecule has 2 aliphatic rings. The zero-order valence-electron chi connectivity index (χ0n) is 31.9. The summed E-state index contributed by atoms with van der Waals surface area (Å²) >= 11 is 1.40. The number of nitrogens with zero attached hydrogens (tertiary/aromatic N) is 7. The van der Waals surface area contributed by atoms with Gasteiger partial charge in [-0.2, -0.15) is 32.0 Å². The van der Waals surface area contributed by atoms with Crippen LogP contribution < -0.4 is 20.4 Å². The van der Waals surface area contributed by atoms with E-state index in [2.05, 4.69) is 30.5 Å². The van der Waals surface area contributed by atoms with Crippen LogP contribution in [0.5, 0.6) is 0 Å². The average Bonchev–Trinajstić information content (AvgIpc) is 3.89. The molecule has 2 aromatic carbocycles. The highest BCUT2D eigenvalue weighted by Crippen LogP contribution is 2.46. The fraction of sp³-hybridized carbons (Fsp3) is 0.317. The number of halogens is 7. The van der Waals surface area contributed by atoms with Gasteiger partial charge in [-0.15, -0.1) is 0 Å². The van der Waals surface area contributed by atoms with Crippen molar-refractivity contribution in [1.82, 2.24) is 35.4 Å². The number of thiazole rings is 1. The predicted molar refractivity (Wildman–Crippen MR) is 210 cm³/mol. The summed E-state index contributed by atoms with van der Waals surface area (Å²) in [6.45, 7) is 3.80. The highest BCUT2D eigenvalue weighted by atomic mass is 32.1. The van der Waals surface area contributed by atoms with Crippen molar-refractivity contribution in [3.63, 3.8) is 0 Å². The molecule has 2 N–H and O–H groups in total. The number of piperazine rings is 1. The van der Waals surface area contributed by atoms with E-state index in [1.54, 1.807) is 18.5 Å². The van der Waals surface area contributed by atoms with Crippen LogP contribution in [-0.2, 0) is 47.6 Å². The normalized spacial score (nSPS) is 15.6. The molecule has 0 saturated carbocycles. The van der Waals surface area contributed by atoms with Crippen molar-refractivity contribution < 1.29 is 40.3 Å². The molecule has 5 heterocycles. The summed E-state index contributed by atoms with van der Waals surface area (Å²) < 4.78 is 102. The van der Waals surface area contributed by atoms with Gasteiger partial charge in [-0.25, -0.2) is 13.8 Å². The fourth-order valence-corrected chi connectivity index (χ4v) is 8.87. The Labute approximate surface area is 342 Å². The number of anilines is 2. The summed E-state index contributed by atoms with van der Waals surface area (Å²) in [7, 11) is 0. The molecule has 1 atom stereocenters. The number of fused-ring (bicyclic) bond motifs is 2. The maximum atomic E-state index is 15.0. The summed E-state index contributed by atoms with van der Waals surface area (Å²) in [5.41, 5.74) is 1.25. The van der Waals surface area contributed by atoms with Crippen molar-refractivity contribution in [2.24, 2.45) is 0 Å². The predicted octanol–water partition coefficient (Wildman–Crippen LogP) is 7.27. The van der Waals surface area contributed by atoms with E-state index in [0.29, 0.717) is 69.9 Å². The minimum atomic E-state index is -5.04. The molecule has 312 valence electrons. The Hall–Kier alpha value is -6.11. The third kappa shape index (κ3) is 8.35. The zero-order valence-corrected chi connectivity index (χ0v) is 32.7. The summed E-state index contributed by atoms with van der Waals surface area (Å²) in [5.74, 6) is -6.44. The lowest BCUT2D eigenvalue weighted by atomic mass is 9.93. The van der Waals surface area contributed by atoms with Gasteiger partial charge in [0.15, 0.2) is 16.5 Å². The van der Waals surface area contributed by atoms with Crippen LogP contribution in [0.4, 0.5) is 41.6 Å². The third-order valence-corrected chi connectivity index (χ3v) is 11.7. The number of hydrogen-bond acceptors (Lipinski definition) is 9. The number of nitrogens with one attached hydrogen (secondary N) is 2. The van der Waals surface area contributed by atoms with Gasteiger partial charge in [-0.05, 0) is 72.4 Å². The smallest absolute Gasteiger partial charge is 0.368 e. The van der Waals surface area contributed by atoms with Gasteiger partial charge in [-0.1, -0.05) is 29.5 Å². The molecule has 0 spiro atoms. The van der Waals surface area contributed by atoms with E-state index in [4.69, 9.17) is 9.97 Å². The van der Waals surface area contributed by atoms with Gasteiger partial charge in [0.05, 0.1) is 16.4 Å². The minimum Gasteiger partial charge on any atom is -0.368 e. The van der Waals surface area contributed by atoms with Gasteiger partial charge in [0.1, 0.15) is 23.9 Å². The second kappa shape index (κ2) is 16.2. The fourth-order valence-electron chi connectivity index (χ4n) is 7.87. The second-order valence-electron chi connectivity index (χ2n) is 14.7. The Morgan fingerprint density at radius 2 is 1.68 bits per heavy atom. The van der Waals surface area contributed by atoms with Crippen LogP contribution >= 0.6 is 11.3 Å². The van der Waals surface area contributed by atoms with Crippen LogP contribution in [0.15, 0.2) is 67.0 Å². The van der Waals surface area contributed by atoms with Crippen molar-refractivity contribution >= 4 is 44.8 Å². The molecule has 1 saturated heterocycles. The Morgan fingerprint density at radius 1 is 0.967 bits per heavy atom. The van der Waals surface area contributed by atoms with Crippen LogP contribution in [0.3, 0.4) is 0 Å². The molecule has 4 aromatic heterocycles. The van der Waals surface area contributed by atoms with Gasteiger partial charge in [0, 0.05) is 74.4 Å². The van der Waals surface area contributed by atoms with E-state index in [1.807, 2.05) is 37.3 Å². The lowest BCUT2D eigenvalue weighted by Crippen LogP contribution is -2.46. The first-order chi connectivity index (χ1) is 28.7. The Morgan fingerprint density at radius 3 is 2.37 bits per heavy atom. The molecule has 2 amide bonds. The van der Waals surface area contributed by atoms with E-state index in [1.165, 1.54) is 11.3 Å². The lowest BCUT2D eigenvalue weighted by Gasteiger charge is -2.35. The molecular weight excluding hydrogens is 816 g/mol. The monoisotopic (exact) mass is 851 g/mol. The maximum Gasteiger partial charge on any atom is 0.435 e. The molecule has 11 nitrogen and oxygen atoms in total. The number of alkyl halides is 5. The molecule has 0 unspecified atom stereocenters. The van der Waals surface area contributed by atoms with Gasteiger partial charge in [0.2, 0.25) is 12.3 Å². The van der Waals surface area contributed by atoms with Crippen LogP contribution in [-0.4, -0.2) is 63.2 Å². The van der Waals surface area contributed by atoms with Gasteiger partial charge >= 0.3 is 6.18 Å². The summed E-state index contributed by atoms with van der Waals surface area (Å²) in [4.78, 5) is 43.2. The van der Waals surface area contributed by atoms with Gasteiger partial charge < -0.3 is 20.4 Å². The van der Waals surface area contributed by atoms with Crippen molar-refractivity contribution in [3.8, 4) is 11.1 Å². The number of hydrogen-bond donors (Lipinski definition) is 2. The Kier molecular flexibility index (Phi) is 10.9. The summed E-state index contributed by atoms with van der Waals surface area (Å²) in [5, 5.41) is 9.48. The molecule has 8 rings (SSSR count). The molecule has 0 bridgehead atoms. The highest BCUT2D eigenvalue weighted by molar-refractivity contribution is 7.22. The van der Waals surface area contributed by atoms with Crippen LogP contribution in [0, 0.1) is 18.6 Å². The molecule has 1 aliphatic heterocycles. The molecule has 6 aromatic rings. The van der Waals surface area contributed by atoms with E-state index in [0.717, 1.165) is 28.9 Å². The van der Waals surface area contributed by atoms with Gasteiger partial charge in [-0.3, -0.25) is 19.3 Å². The van der Waals surface area contributed by atoms with E-state index in [-0.39, 0.29) is 24.2 Å². The summed E-state index contributed by atoms with van der Waals surface area (Å²) in [6.07, 6.45) is -2.69. The first-order valence-corrected chi connectivity index (χ1v) is 19.8. The Bertz CT molecular complexity index is 2550. The number of carbonyl (C=O) groups excluding carboxylic acids is 2. The average molecular weight is 852 g/mol. The molecule has 60 heavy (non-hydrogen) atoms. The number of amides is 2. The lowest BCUT2D eigenvalue weighted by molar-refractivity contribution is -0.142. The van der Waals surface area contributed by atoms with Crippen molar-refractivity contribution in [3.05, 3.63) is 118 Å². The molecular formula is C41H36F7N9O2S. The number of aromatic nitrogens is 5. The number of carbonyl (C=O) groups is 2. The quantitative estimate of drug-likeness (QED) is 0.0976. The van der Waals surface area contributed by atoms with Crippen molar-refractivity contribution in [1.29, 1.82) is 0 Å². The van der Waals surface area contributed by atoms with E-state index in [9.17, 15) is 31.5 Å². The summed E-state index contributed by atoms with van der Waals surface area (Å²) in [6, 6.07) is 12.8. The number of benzene rings is 2. The minimum absolute atomic E-state index is 0.106. The SMILES string of the molecule is Cc1cc(-c2cc3sc(N4CCN(c5ccncc5)CC4)nc3nc2[C@@H](Cc2cc(F)cc(F)c2)NC(=O)Cn2nc(C(F)(F)F)c3c2C(F)(F)CC3)ccc1CNC=O. The third-order valence-electron chi connectivity index (χ3n) is 10.7. The number of aryl methyl sites for hydroxylation is 1. The molecule has 1 aliphatic carbocycles. The standard InChI is InChI=1S/C41H36F7N9O2S/c1-23-14-25(2-3-26(23)20-50-22-58)31-19-33-38(53-39(60-33)56-12-10-55(11-13-56)29-5-8-49-9-6-29)52-35(31)32(17-24-15-27(42)18-28(43)16-24)51-34(59)21-57-37-30(4-7-40(37,44)45)36(54-57)41(46,47)48/h2-3,5-6,8-9,14-16,18-19,22,32H,4,7,10-13,17,20-21H2,1H3,(H,50,58)(H,51,59)/t32-/m1/s1. The first kappa shape index (κ1) is 40.7. The highest BCUT2D eigenvalue weighted by Gasteiger charge is 2.50. The largest absolute Gasteiger partial charge is 0.435 e. The molecule has 1 fully saturated rings. The Balaban J connectivity index is 1.20. The zero-order chi connectivity index (χ0) is 42.3. The van der Waals surface area contributed by atoms with Crippen molar-refractivity contribution in [2.45, 2.75) is 57.4 Å². The number of pyridine rings is 2. The van der Waals surface area contributed by atoms with Gasteiger partial charge in [0.25, 0.3) is 5.92 Å².